The van der Waals surface area contributed by atoms with E-state index in [-0.39, 0.29) is 24.5 Å². The summed E-state index contributed by atoms with van der Waals surface area (Å²) >= 11 is 0. The molecule has 0 unspecified atom stereocenters. The van der Waals surface area contributed by atoms with E-state index in [2.05, 4.69) is 30.7 Å². The number of hydrogen-bond acceptors (Lipinski definition) is 9. The van der Waals surface area contributed by atoms with E-state index in [4.69, 9.17) is 10.5 Å². The number of nitrogens with two attached hydrogens (primary N) is 1. The maximum atomic E-state index is 11.6. The van der Waals surface area contributed by atoms with Crippen molar-refractivity contribution in [1.82, 2.24) is 24.7 Å². The van der Waals surface area contributed by atoms with Gasteiger partial charge in [0.05, 0.1) is 0 Å². The molecule has 0 spiro atoms. The number of nitrogens with zero attached hydrogens (tertiary/aromatic N) is 5. The van der Waals surface area contributed by atoms with Crippen LogP contribution in [0, 0.1) is 0 Å². The molecule has 2 heterocycles. The van der Waals surface area contributed by atoms with Crippen LogP contribution in [0.2, 0.25) is 0 Å². The molecular formula is C14H20N8O3. The van der Waals surface area contributed by atoms with Gasteiger partial charge in [0.15, 0.2) is 0 Å². The molecule has 4 N–H and O–H groups in total. The van der Waals surface area contributed by atoms with Crippen LogP contribution in [0.5, 0.6) is 11.9 Å². The van der Waals surface area contributed by atoms with Gasteiger partial charge in [0.25, 0.3) is 5.56 Å². The Hall–Kier alpha value is -3.24. The molecular weight excluding hydrogens is 328 g/mol. The van der Waals surface area contributed by atoms with Gasteiger partial charge in [-0.15, -0.1) is 5.10 Å². The Balaban J connectivity index is 2.30. The molecule has 0 bridgehead atoms. The number of amides is 1. The third-order valence-electron chi connectivity index (χ3n) is 2.71. The van der Waals surface area contributed by atoms with Crippen LogP contribution in [0.4, 0.5) is 11.9 Å². The number of nitrogens with one attached hydrogen (secondary N) is 2. The van der Waals surface area contributed by atoms with E-state index in [1.807, 2.05) is 20.8 Å². The Morgan fingerprint density at radius 1 is 1.28 bits per heavy atom. The van der Waals surface area contributed by atoms with Gasteiger partial charge in [0.2, 0.25) is 23.7 Å². The lowest BCUT2D eigenvalue weighted by atomic mass is 10.4. The topological polar surface area (TPSA) is 150 Å². The Bertz CT molecular complexity index is 805. The molecule has 0 aliphatic carbocycles. The van der Waals surface area contributed by atoms with Crippen LogP contribution in [-0.4, -0.2) is 43.2 Å². The third-order valence-corrected chi connectivity index (χ3v) is 2.71. The van der Waals surface area contributed by atoms with Crippen molar-refractivity contribution in [1.29, 1.82) is 0 Å². The van der Waals surface area contributed by atoms with Gasteiger partial charge in [0, 0.05) is 24.7 Å². The quantitative estimate of drug-likeness (QED) is 0.597. The first-order chi connectivity index (χ1) is 11.9. The summed E-state index contributed by atoms with van der Waals surface area (Å²) < 4.78 is 6.40. The van der Waals surface area contributed by atoms with Gasteiger partial charge in [-0.3, -0.25) is 9.59 Å². The lowest BCUT2D eigenvalue weighted by Gasteiger charge is -2.11. The van der Waals surface area contributed by atoms with E-state index in [9.17, 15) is 9.59 Å². The first kappa shape index (κ1) is 18.1. The highest BCUT2D eigenvalue weighted by molar-refractivity contribution is 5.73. The SMILES string of the molecule is CCNc1nc(NC(C)C)nc(Oc2ccc(=O)n(CC(N)=O)n2)n1. The fourth-order valence-electron chi connectivity index (χ4n) is 1.80. The standard InChI is InChI=1S/C14H20N8O3/c1-4-16-12-18-13(17-8(2)3)20-14(19-12)25-10-5-6-11(24)22(21-10)7-9(15)23/h5-6,8H,4,7H2,1-3H3,(H2,15,23)(H2,16,17,18,19,20). The van der Waals surface area contributed by atoms with Crippen LogP contribution in [-0.2, 0) is 11.3 Å². The van der Waals surface area contributed by atoms with Crippen LogP contribution in [0.1, 0.15) is 20.8 Å². The van der Waals surface area contributed by atoms with Crippen molar-refractivity contribution in [2.45, 2.75) is 33.4 Å². The number of ether oxygens (including phenoxy) is 1. The van der Waals surface area contributed by atoms with E-state index in [1.54, 1.807) is 0 Å². The minimum Gasteiger partial charge on any atom is -0.403 e. The molecule has 0 aliphatic heterocycles. The van der Waals surface area contributed by atoms with Crippen molar-refractivity contribution in [3.8, 4) is 11.9 Å². The van der Waals surface area contributed by atoms with Crippen molar-refractivity contribution in [3.63, 3.8) is 0 Å². The van der Waals surface area contributed by atoms with Gasteiger partial charge >= 0.3 is 6.01 Å². The van der Waals surface area contributed by atoms with Crippen LogP contribution in [0.25, 0.3) is 0 Å². The van der Waals surface area contributed by atoms with Crippen LogP contribution in [0.15, 0.2) is 16.9 Å². The molecule has 1 amide bonds. The van der Waals surface area contributed by atoms with Gasteiger partial charge in [0.1, 0.15) is 6.54 Å². The zero-order valence-corrected chi connectivity index (χ0v) is 14.2. The fourth-order valence-corrected chi connectivity index (χ4v) is 1.80. The van der Waals surface area contributed by atoms with Crippen LogP contribution >= 0.6 is 0 Å². The molecule has 25 heavy (non-hydrogen) atoms. The molecule has 0 atom stereocenters. The predicted octanol–water partition coefficient (Wildman–Crippen LogP) is -0.0420. The smallest absolute Gasteiger partial charge is 0.330 e. The Morgan fingerprint density at radius 2 is 2.00 bits per heavy atom. The van der Waals surface area contributed by atoms with Crippen molar-refractivity contribution >= 4 is 17.8 Å². The number of carbonyl (C=O) groups excluding carboxylic acids is 1. The molecule has 2 aromatic heterocycles. The molecule has 0 aromatic carbocycles. The van der Waals surface area contributed by atoms with Crippen LogP contribution < -0.4 is 26.7 Å². The summed E-state index contributed by atoms with van der Waals surface area (Å²) in [5.41, 5.74) is 4.61. The van der Waals surface area contributed by atoms with Gasteiger partial charge < -0.3 is 21.1 Å². The second-order valence-electron chi connectivity index (χ2n) is 5.33. The second kappa shape index (κ2) is 8.04. The first-order valence-corrected chi connectivity index (χ1v) is 7.68. The lowest BCUT2D eigenvalue weighted by molar-refractivity contribution is -0.118. The highest BCUT2D eigenvalue weighted by Gasteiger charge is 2.11. The average Bonchev–Trinajstić information content (AvgIpc) is 2.49. The van der Waals surface area contributed by atoms with E-state index < -0.39 is 11.5 Å². The molecule has 0 radical (unpaired) electrons. The number of primary amides is 1. The first-order valence-electron chi connectivity index (χ1n) is 7.68. The fraction of sp³-hybridized carbons (Fsp3) is 0.429. The summed E-state index contributed by atoms with van der Waals surface area (Å²) in [5.74, 6) is 0.0253. The molecule has 134 valence electrons. The molecule has 2 aromatic rings. The summed E-state index contributed by atoms with van der Waals surface area (Å²) in [6.45, 7) is 6.06. The normalized spacial score (nSPS) is 10.6. The molecule has 11 heteroatoms. The Kier molecular flexibility index (Phi) is 5.82. The maximum absolute atomic E-state index is 11.6. The Morgan fingerprint density at radius 3 is 2.64 bits per heavy atom. The summed E-state index contributed by atoms with van der Waals surface area (Å²) in [5, 5.41) is 9.95. The van der Waals surface area contributed by atoms with Crippen molar-refractivity contribution in [3.05, 3.63) is 22.5 Å². The maximum Gasteiger partial charge on any atom is 0.330 e. The summed E-state index contributed by atoms with van der Waals surface area (Å²) in [6, 6.07) is 2.67. The molecule has 11 nitrogen and oxygen atoms in total. The highest BCUT2D eigenvalue weighted by Crippen LogP contribution is 2.17. The number of hydrogen-bond donors (Lipinski definition) is 3. The van der Waals surface area contributed by atoms with E-state index in [0.29, 0.717) is 18.4 Å². The number of rotatable bonds is 8. The summed E-state index contributed by atoms with van der Waals surface area (Å²) in [6.07, 6.45) is 0. The minimum atomic E-state index is -0.690. The van der Waals surface area contributed by atoms with Crippen LogP contribution in [0.3, 0.4) is 0 Å². The third kappa shape index (κ3) is 5.41. The van der Waals surface area contributed by atoms with E-state index in [1.165, 1.54) is 12.1 Å². The van der Waals surface area contributed by atoms with Gasteiger partial charge in [-0.2, -0.15) is 15.0 Å². The van der Waals surface area contributed by atoms with Crippen molar-refractivity contribution < 1.29 is 9.53 Å². The summed E-state index contributed by atoms with van der Waals surface area (Å²) in [7, 11) is 0. The molecule has 0 saturated heterocycles. The van der Waals surface area contributed by atoms with Gasteiger partial charge in [-0.1, -0.05) is 0 Å². The highest BCUT2D eigenvalue weighted by atomic mass is 16.5. The van der Waals surface area contributed by atoms with Gasteiger partial charge in [-0.25, -0.2) is 4.68 Å². The zero-order chi connectivity index (χ0) is 18.4. The van der Waals surface area contributed by atoms with Crippen molar-refractivity contribution in [2.75, 3.05) is 17.2 Å². The largest absolute Gasteiger partial charge is 0.403 e. The number of anilines is 2. The monoisotopic (exact) mass is 348 g/mol. The van der Waals surface area contributed by atoms with Gasteiger partial charge in [-0.05, 0) is 20.8 Å². The lowest BCUT2D eigenvalue weighted by Crippen LogP contribution is -2.29. The van der Waals surface area contributed by atoms with E-state index >= 15 is 0 Å². The number of carbonyl (C=O) groups is 1. The van der Waals surface area contributed by atoms with E-state index in [0.717, 1.165) is 4.68 Å². The molecule has 0 aliphatic rings. The predicted molar refractivity (Wildman–Crippen MR) is 90.5 cm³/mol. The number of aromatic nitrogens is 5. The zero-order valence-electron chi connectivity index (χ0n) is 14.2. The molecule has 0 saturated carbocycles. The molecule has 2 rings (SSSR count). The average molecular weight is 348 g/mol. The van der Waals surface area contributed by atoms with Crippen molar-refractivity contribution in [2.24, 2.45) is 5.73 Å². The Labute approximate surface area is 143 Å². The summed E-state index contributed by atoms with van der Waals surface area (Å²) in [4.78, 5) is 35.1. The molecule has 0 fully saturated rings. The second-order valence-corrected chi connectivity index (χ2v) is 5.33. The minimum absolute atomic E-state index is 0.00845.